The predicted molar refractivity (Wildman–Crippen MR) is 123 cm³/mol. The number of anilines is 2. The maximum absolute atomic E-state index is 12.2. The SMILES string of the molecule is Cc1ccc(NCc2ccc(OCC(=O)Nc3cc(C)ccc3C)c(Br)c2)cc1. The zero-order valence-corrected chi connectivity index (χ0v) is 18.5. The van der Waals surface area contributed by atoms with Crippen LogP contribution in [-0.2, 0) is 11.3 Å². The highest BCUT2D eigenvalue weighted by Crippen LogP contribution is 2.26. The molecule has 29 heavy (non-hydrogen) atoms. The Bertz CT molecular complexity index is 1000. The van der Waals surface area contributed by atoms with Crippen molar-refractivity contribution in [3.63, 3.8) is 0 Å². The molecule has 2 N–H and O–H groups in total. The number of carbonyl (C=O) groups excluding carboxylic acids is 1. The number of aryl methyl sites for hydroxylation is 3. The van der Waals surface area contributed by atoms with Gasteiger partial charge in [0.05, 0.1) is 4.47 Å². The van der Waals surface area contributed by atoms with E-state index >= 15 is 0 Å². The normalized spacial score (nSPS) is 10.5. The minimum Gasteiger partial charge on any atom is -0.483 e. The maximum atomic E-state index is 12.2. The molecule has 0 saturated carbocycles. The first-order valence-electron chi connectivity index (χ1n) is 9.49. The third kappa shape index (κ3) is 6.09. The van der Waals surface area contributed by atoms with E-state index in [0.29, 0.717) is 12.3 Å². The summed E-state index contributed by atoms with van der Waals surface area (Å²) < 4.78 is 6.51. The summed E-state index contributed by atoms with van der Waals surface area (Å²) in [4.78, 5) is 12.2. The molecule has 0 atom stereocenters. The van der Waals surface area contributed by atoms with Gasteiger partial charge in [-0.3, -0.25) is 4.79 Å². The molecule has 0 radical (unpaired) electrons. The molecule has 0 spiro atoms. The Labute approximate surface area is 180 Å². The standard InChI is InChI=1S/C24H25BrN2O2/c1-16-5-9-20(10-6-16)26-14-19-8-11-23(21(25)13-19)29-15-24(28)27-22-12-17(2)4-7-18(22)3/h4-13,26H,14-15H2,1-3H3,(H,27,28). The average Bonchev–Trinajstić information content (AvgIpc) is 2.69. The van der Waals surface area contributed by atoms with Gasteiger partial charge in [0, 0.05) is 17.9 Å². The highest BCUT2D eigenvalue weighted by atomic mass is 79.9. The first-order chi connectivity index (χ1) is 13.9. The first kappa shape index (κ1) is 20.9. The van der Waals surface area contributed by atoms with Crippen LogP contribution in [0.15, 0.2) is 65.1 Å². The quantitative estimate of drug-likeness (QED) is 0.461. The second-order valence-corrected chi connectivity index (χ2v) is 7.99. The van der Waals surface area contributed by atoms with Crippen LogP contribution in [0.25, 0.3) is 0 Å². The second-order valence-electron chi connectivity index (χ2n) is 7.14. The van der Waals surface area contributed by atoms with Crippen molar-refractivity contribution in [1.29, 1.82) is 0 Å². The van der Waals surface area contributed by atoms with E-state index in [0.717, 1.165) is 32.5 Å². The molecule has 0 bridgehead atoms. The number of ether oxygens (including phenoxy) is 1. The van der Waals surface area contributed by atoms with Gasteiger partial charge in [0.15, 0.2) is 6.61 Å². The third-order valence-corrected chi connectivity index (χ3v) is 5.19. The van der Waals surface area contributed by atoms with Crippen LogP contribution in [0.3, 0.4) is 0 Å². The van der Waals surface area contributed by atoms with E-state index in [1.165, 1.54) is 5.56 Å². The van der Waals surface area contributed by atoms with Gasteiger partial charge >= 0.3 is 0 Å². The number of halogens is 1. The molecule has 0 fully saturated rings. The number of carbonyl (C=O) groups is 1. The molecule has 3 rings (SSSR count). The van der Waals surface area contributed by atoms with Crippen LogP contribution in [0.4, 0.5) is 11.4 Å². The Kier molecular flexibility index (Phi) is 6.94. The number of nitrogens with one attached hydrogen (secondary N) is 2. The number of hydrogen-bond acceptors (Lipinski definition) is 3. The van der Waals surface area contributed by atoms with Gasteiger partial charge in [-0.25, -0.2) is 0 Å². The molecule has 4 nitrogen and oxygen atoms in total. The fourth-order valence-electron chi connectivity index (χ4n) is 2.85. The van der Waals surface area contributed by atoms with Gasteiger partial charge in [0.1, 0.15) is 5.75 Å². The molecule has 0 saturated heterocycles. The van der Waals surface area contributed by atoms with Gasteiger partial charge in [-0.1, -0.05) is 35.9 Å². The van der Waals surface area contributed by atoms with Crippen molar-refractivity contribution in [3.05, 3.63) is 87.4 Å². The number of amides is 1. The minimum atomic E-state index is -0.185. The van der Waals surface area contributed by atoms with Crippen molar-refractivity contribution in [2.75, 3.05) is 17.2 Å². The van der Waals surface area contributed by atoms with Crippen molar-refractivity contribution in [3.8, 4) is 5.75 Å². The van der Waals surface area contributed by atoms with Crippen LogP contribution in [0.2, 0.25) is 0 Å². The Balaban J connectivity index is 1.54. The summed E-state index contributed by atoms with van der Waals surface area (Å²) in [6.07, 6.45) is 0. The monoisotopic (exact) mass is 452 g/mol. The molecule has 0 heterocycles. The first-order valence-corrected chi connectivity index (χ1v) is 10.3. The number of benzene rings is 3. The van der Waals surface area contributed by atoms with Crippen molar-refractivity contribution in [2.24, 2.45) is 0 Å². The van der Waals surface area contributed by atoms with Crippen molar-refractivity contribution in [2.45, 2.75) is 27.3 Å². The van der Waals surface area contributed by atoms with Crippen LogP contribution in [0.1, 0.15) is 22.3 Å². The average molecular weight is 453 g/mol. The molecule has 0 aliphatic heterocycles. The van der Waals surface area contributed by atoms with Crippen LogP contribution >= 0.6 is 15.9 Å². The summed E-state index contributed by atoms with van der Waals surface area (Å²) in [5, 5.41) is 6.30. The van der Waals surface area contributed by atoms with Crippen LogP contribution < -0.4 is 15.4 Å². The van der Waals surface area contributed by atoms with E-state index in [2.05, 4.69) is 57.8 Å². The molecule has 0 aliphatic carbocycles. The summed E-state index contributed by atoms with van der Waals surface area (Å²) in [6.45, 7) is 6.69. The smallest absolute Gasteiger partial charge is 0.262 e. The topological polar surface area (TPSA) is 50.4 Å². The summed E-state index contributed by atoms with van der Waals surface area (Å²) in [7, 11) is 0. The number of rotatable bonds is 7. The molecule has 150 valence electrons. The van der Waals surface area contributed by atoms with E-state index in [4.69, 9.17) is 4.74 Å². The Hall–Kier alpha value is -2.79. The Morgan fingerprint density at radius 1 is 0.931 bits per heavy atom. The van der Waals surface area contributed by atoms with Crippen LogP contribution in [0.5, 0.6) is 5.75 Å². The van der Waals surface area contributed by atoms with Gasteiger partial charge < -0.3 is 15.4 Å². The van der Waals surface area contributed by atoms with Crippen molar-refractivity contribution in [1.82, 2.24) is 0 Å². The van der Waals surface area contributed by atoms with E-state index in [9.17, 15) is 4.79 Å². The lowest BCUT2D eigenvalue weighted by molar-refractivity contribution is -0.118. The van der Waals surface area contributed by atoms with E-state index < -0.39 is 0 Å². The minimum absolute atomic E-state index is 0.0487. The zero-order chi connectivity index (χ0) is 20.8. The molecule has 3 aromatic carbocycles. The summed E-state index contributed by atoms with van der Waals surface area (Å²) >= 11 is 3.54. The van der Waals surface area contributed by atoms with Gasteiger partial charge in [0.25, 0.3) is 5.91 Å². The summed E-state index contributed by atoms with van der Waals surface area (Å²) in [5.41, 5.74) is 6.37. The lowest BCUT2D eigenvalue weighted by Gasteiger charge is -2.12. The lowest BCUT2D eigenvalue weighted by atomic mass is 10.1. The molecule has 5 heteroatoms. The van der Waals surface area contributed by atoms with Gasteiger partial charge in [-0.05, 0) is 83.7 Å². The summed E-state index contributed by atoms with van der Waals surface area (Å²) in [5.74, 6) is 0.455. The van der Waals surface area contributed by atoms with Crippen molar-refractivity contribution < 1.29 is 9.53 Å². The van der Waals surface area contributed by atoms with Gasteiger partial charge in [-0.15, -0.1) is 0 Å². The molecule has 0 unspecified atom stereocenters. The fourth-order valence-corrected chi connectivity index (χ4v) is 3.39. The van der Waals surface area contributed by atoms with Crippen molar-refractivity contribution >= 4 is 33.2 Å². The van der Waals surface area contributed by atoms with E-state index in [1.807, 2.05) is 50.2 Å². The lowest BCUT2D eigenvalue weighted by Crippen LogP contribution is -2.20. The second kappa shape index (κ2) is 9.61. The molecule has 3 aromatic rings. The van der Waals surface area contributed by atoms with E-state index in [1.54, 1.807) is 0 Å². The highest BCUT2D eigenvalue weighted by molar-refractivity contribution is 9.10. The van der Waals surface area contributed by atoms with Crippen LogP contribution in [0, 0.1) is 20.8 Å². The summed E-state index contributed by atoms with van der Waals surface area (Å²) in [6, 6.07) is 20.1. The third-order valence-electron chi connectivity index (χ3n) is 4.57. The van der Waals surface area contributed by atoms with Gasteiger partial charge in [-0.2, -0.15) is 0 Å². The fraction of sp³-hybridized carbons (Fsp3) is 0.208. The van der Waals surface area contributed by atoms with Gasteiger partial charge in [0.2, 0.25) is 0 Å². The molecular weight excluding hydrogens is 428 g/mol. The Morgan fingerprint density at radius 2 is 1.66 bits per heavy atom. The Morgan fingerprint density at radius 3 is 2.38 bits per heavy atom. The molecule has 0 aliphatic rings. The molecule has 1 amide bonds. The highest BCUT2D eigenvalue weighted by Gasteiger charge is 2.09. The van der Waals surface area contributed by atoms with E-state index in [-0.39, 0.29) is 12.5 Å². The largest absolute Gasteiger partial charge is 0.483 e. The zero-order valence-electron chi connectivity index (χ0n) is 16.9. The number of hydrogen-bond donors (Lipinski definition) is 2. The maximum Gasteiger partial charge on any atom is 0.262 e. The van der Waals surface area contributed by atoms with Crippen LogP contribution in [-0.4, -0.2) is 12.5 Å². The predicted octanol–water partition coefficient (Wildman–Crippen LogP) is 6.00. The molecular formula is C24H25BrN2O2. The molecule has 0 aromatic heterocycles.